The summed E-state index contributed by atoms with van der Waals surface area (Å²) in [5.41, 5.74) is 4.98. The zero-order chi connectivity index (χ0) is 21.6. The first kappa shape index (κ1) is 21.7. The van der Waals surface area contributed by atoms with Crippen molar-refractivity contribution in [2.75, 3.05) is 5.32 Å². The number of benzene rings is 2. The Balaban J connectivity index is 1.91. The second-order valence-electron chi connectivity index (χ2n) is 5.54. The minimum atomic E-state index is -0.726. The molecule has 0 aromatic heterocycles. The van der Waals surface area contributed by atoms with E-state index in [1.54, 1.807) is 12.1 Å². The van der Waals surface area contributed by atoms with Crippen molar-refractivity contribution in [3.8, 4) is 0 Å². The van der Waals surface area contributed by atoms with E-state index < -0.39 is 22.4 Å². The normalized spacial score (nSPS) is 9.86. The third-order valence-electron chi connectivity index (χ3n) is 3.39. The molecule has 0 saturated heterocycles. The van der Waals surface area contributed by atoms with Gasteiger partial charge in [-0.1, -0.05) is 11.6 Å². The predicted molar refractivity (Wildman–Crippen MR) is 110 cm³/mol. The molecule has 3 amide bonds. The van der Waals surface area contributed by atoms with Crippen molar-refractivity contribution < 1.29 is 19.3 Å². The summed E-state index contributed by atoms with van der Waals surface area (Å²) in [6.07, 6.45) is 0. The third-order valence-corrected chi connectivity index (χ3v) is 3.91. The standard InChI is InChI=1S/C17H14ClN5O5S/c1-9(24)19-12-5-2-10(3-6-12)16(26)21-22-17(29)20-15(25)11-4-7-13(18)14(8-11)23(27)28/h2-8H,1H3,(H,19,24)(H,21,26)(H2,20,22,25,29). The third kappa shape index (κ3) is 6.23. The zero-order valence-electron chi connectivity index (χ0n) is 14.8. The topological polar surface area (TPSA) is 142 Å². The predicted octanol–water partition coefficient (Wildman–Crippen LogP) is 2.16. The van der Waals surface area contributed by atoms with Crippen LogP contribution in [0.25, 0.3) is 0 Å². The molecule has 29 heavy (non-hydrogen) atoms. The molecule has 0 spiro atoms. The van der Waals surface area contributed by atoms with Gasteiger partial charge < -0.3 is 5.32 Å². The summed E-state index contributed by atoms with van der Waals surface area (Å²) in [7, 11) is 0. The number of hydrogen-bond acceptors (Lipinski definition) is 6. The van der Waals surface area contributed by atoms with Gasteiger partial charge in [0.2, 0.25) is 5.91 Å². The number of hydrazine groups is 1. The van der Waals surface area contributed by atoms with Crippen LogP contribution in [-0.2, 0) is 4.79 Å². The van der Waals surface area contributed by atoms with Crippen LogP contribution in [0.1, 0.15) is 27.6 Å². The van der Waals surface area contributed by atoms with Gasteiger partial charge in [-0.25, -0.2) is 0 Å². The monoisotopic (exact) mass is 435 g/mol. The number of nitrogens with zero attached hydrogens (tertiary/aromatic N) is 1. The average molecular weight is 436 g/mol. The fraction of sp³-hybridized carbons (Fsp3) is 0.0588. The summed E-state index contributed by atoms with van der Waals surface area (Å²) >= 11 is 10.6. The van der Waals surface area contributed by atoms with Crippen molar-refractivity contribution in [2.24, 2.45) is 0 Å². The molecule has 0 aliphatic carbocycles. The first-order chi connectivity index (χ1) is 13.7. The Morgan fingerprint density at radius 1 is 1.00 bits per heavy atom. The van der Waals surface area contributed by atoms with Crippen LogP contribution in [-0.4, -0.2) is 27.8 Å². The summed E-state index contributed by atoms with van der Waals surface area (Å²) in [5.74, 6) is -1.51. The van der Waals surface area contributed by atoms with Gasteiger partial charge in [-0.3, -0.25) is 40.7 Å². The van der Waals surface area contributed by atoms with Gasteiger partial charge in [0.05, 0.1) is 4.92 Å². The maximum Gasteiger partial charge on any atom is 0.288 e. The number of nitro groups is 1. The van der Waals surface area contributed by atoms with Crippen molar-refractivity contribution in [3.63, 3.8) is 0 Å². The minimum absolute atomic E-state index is 0.0369. The molecule has 0 saturated carbocycles. The number of hydrogen-bond donors (Lipinski definition) is 4. The van der Waals surface area contributed by atoms with E-state index in [9.17, 15) is 24.5 Å². The quantitative estimate of drug-likeness (QED) is 0.327. The molecule has 0 unspecified atom stereocenters. The molecule has 12 heteroatoms. The molecule has 150 valence electrons. The largest absolute Gasteiger partial charge is 0.326 e. The lowest BCUT2D eigenvalue weighted by atomic mass is 10.2. The number of nitrogens with one attached hydrogen (secondary N) is 4. The second kappa shape index (κ2) is 9.57. The summed E-state index contributed by atoms with van der Waals surface area (Å²) in [4.78, 5) is 45.4. The zero-order valence-corrected chi connectivity index (χ0v) is 16.4. The van der Waals surface area contributed by atoms with E-state index in [2.05, 4.69) is 21.5 Å². The molecule has 2 aromatic carbocycles. The highest BCUT2D eigenvalue weighted by Crippen LogP contribution is 2.24. The van der Waals surface area contributed by atoms with Crippen LogP contribution in [0, 0.1) is 10.1 Å². The number of amides is 3. The Labute approximate surface area is 174 Å². The second-order valence-corrected chi connectivity index (χ2v) is 6.36. The Morgan fingerprint density at radius 3 is 2.21 bits per heavy atom. The van der Waals surface area contributed by atoms with Gasteiger partial charge in [-0.2, -0.15) is 0 Å². The summed E-state index contributed by atoms with van der Waals surface area (Å²) in [5, 5.41) is 15.4. The molecule has 0 radical (unpaired) electrons. The minimum Gasteiger partial charge on any atom is -0.326 e. The van der Waals surface area contributed by atoms with E-state index in [1.165, 1.54) is 31.2 Å². The van der Waals surface area contributed by atoms with E-state index >= 15 is 0 Å². The number of thiocarbonyl (C=S) groups is 1. The van der Waals surface area contributed by atoms with Crippen LogP contribution < -0.4 is 21.5 Å². The molecule has 0 heterocycles. The van der Waals surface area contributed by atoms with E-state index in [0.717, 1.165) is 6.07 Å². The van der Waals surface area contributed by atoms with E-state index in [1.807, 2.05) is 0 Å². The van der Waals surface area contributed by atoms with Crippen LogP contribution >= 0.6 is 23.8 Å². The first-order valence-corrected chi connectivity index (χ1v) is 8.69. The Bertz CT molecular complexity index is 996. The molecule has 0 bridgehead atoms. The van der Waals surface area contributed by atoms with Crippen LogP contribution in [0.15, 0.2) is 42.5 Å². The van der Waals surface area contributed by atoms with Crippen LogP contribution in [0.4, 0.5) is 11.4 Å². The van der Waals surface area contributed by atoms with Gasteiger partial charge in [0, 0.05) is 29.8 Å². The molecule has 0 aliphatic rings. The fourth-order valence-electron chi connectivity index (χ4n) is 2.09. The lowest BCUT2D eigenvalue weighted by molar-refractivity contribution is -0.384. The highest BCUT2D eigenvalue weighted by atomic mass is 35.5. The number of halogens is 1. The summed E-state index contributed by atoms with van der Waals surface area (Å²) in [6, 6.07) is 9.58. The Kier molecular flexibility index (Phi) is 7.17. The van der Waals surface area contributed by atoms with Gasteiger partial charge in [-0.15, -0.1) is 0 Å². The lowest BCUT2D eigenvalue weighted by Crippen LogP contribution is -2.48. The SMILES string of the molecule is CC(=O)Nc1ccc(C(=O)NNC(=S)NC(=O)c2ccc(Cl)c([N+](=O)[O-])c2)cc1. The van der Waals surface area contributed by atoms with Crippen molar-refractivity contribution in [1.29, 1.82) is 0 Å². The van der Waals surface area contributed by atoms with Crippen molar-refractivity contribution >= 4 is 58.0 Å². The highest BCUT2D eigenvalue weighted by Gasteiger charge is 2.17. The van der Waals surface area contributed by atoms with Crippen molar-refractivity contribution in [2.45, 2.75) is 6.92 Å². The molecule has 4 N–H and O–H groups in total. The Morgan fingerprint density at radius 2 is 1.62 bits per heavy atom. The molecule has 2 aromatic rings. The molecular formula is C17H14ClN5O5S. The van der Waals surface area contributed by atoms with Crippen molar-refractivity contribution in [1.82, 2.24) is 16.2 Å². The van der Waals surface area contributed by atoms with Gasteiger partial charge in [-0.05, 0) is 48.6 Å². The first-order valence-electron chi connectivity index (χ1n) is 7.90. The summed E-state index contributed by atoms with van der Waals surface area (Å²) < 4.78 is 0. The maximum atomic E-state index is 12.1. The lowest BCUT2D eigenvalue weighted by Gasteiger charge is -2.11. The molecule has 0 atom stereocenters. The number of rotatable bonds is 4. The maximum absolute atomic E-state index is 12.1. The summed E-state index contributed by atoms with van der Waals surface area (Å²) in [6.45, 7) is 1.36. The molecular weight excluding hydrogens is 422 g/mol. The molecule has 2 rings (SSSR count). The van der Waals surface area contributed by atoms with Crippen molar-refractivity contribution in [3.05, 3.63) is 68.7 Å². The van der Waals surface area contributed by atoms with E-state index in [4.69, 9.17) is 23.8 Å². The van der Waals surface area contributed by atoms with Crippen LogP contribution in [0.3, 0.4) is 0 Å². The fourth-order valence-corrected chi connectivity index (χ4v) is 2.42. The van der Waals surface area contributed by atoms with Crippen LogP contribution in [0.5, 0.6) is 0 Å². The number of nitro benzene ring substituents is 1. The molecule has 0 aliphatic heterocycles. The number of carbonyl (C=O) groups excluding carboxylic acids is 3. The number of carbonyl (C=O) groups is 3. The van der Waals surface area contributed by atoms with Gasteiger partial charge in [0.25, 0.3) is 17.5 Å². The molecule has 10 nitrogen and oxygen atoms in total. The van der Waals surface area contributed by atoms with Gasteiger partial charge >= 0.3 is 0 Å². The average Bonchev–Trinajstić information content (AvgIpc) is 2.66. The smallest absolute Gasteiger partial charge is 0.288 e. The highest BCUT2D eigenvalue weighted by molar-refractivity contribution is 7.80. The Hall–Kier alpha value is -3.57. The van der Waals surface area contributed by atoms with E-state index in [0.29, 0.717) is 5.69 Å². The number of anilines is 1. The molecule has 0 fully saturated rings. The van der Waals surface area contributed by atoms with Crippen LogP contribution in [0.2, 0.25) is 5.02 Å². The van der Waals surface area contributed by atoms with Gasteiger partial charge in [0.15, 0.2) is 5.11 Å². The van der Waals surface area contributed by atoms with Gasteiger partial charge in [0.1, 0.15) is 5.02 Å². The van der Waals surface area contributed by atoms with E-state index in [-0.39, 0.29) is 27.2 Å².